The van der Waals surface area contributed by atoms with Crippen LogP contribution in [0.25, 0.3) is 0 Å². The normalized spacial score (nSPS) is 12.5. The molecule has 2 aromatic carbocycles. The van der Waals surface area contributed by atoms with Gasteiger partial charge in [-0.05, 0) is 52.0 Å². The number of phenols is 1. The van der Waals surface area contributed by atoms with Crippen molar-refractivity contribution in [2.45, 2.75) is 49.8 Å². The molecule has 0 radical (unpaired) electrons. The quantitative estimate of drug-likeness (QED) is 0.395. The minimum atomic E-state index is -4.16. The fraction of sp³-hybridized carbons (Fsp3) is 0.375. The number of sulfone groups is 1. The third kappa shape index (κ3) is 7.58. The van der Waals surface area contributed by atoms with Gasteiger partial charge in [0.15, 0.2) is 15.1 Å². The lowest BCUT2D eigenvalue weighted by atomic mass is 10.1. The van der Waals surface area contributed by atoms with Crippen LogP contribution in [-0.2, 0) is 19.4 Å². The zero-order valence-corrected chi connectivity index (χ0v) is 20.5. The number of hydrogen-bond acceptors (Lipinski definition) is 6. The number of aromatic hydroxyl groups is 1. The molecule has 1 atom stereocenters. The summed E-state index contributed by atoms with van der Waals surface area (Å²) in [5, 5.41) is 15.8. The Morgan fingerprint density at radius 1 is 0.941 bits per heavy atom. The van der Waals surface area contributed by atoms with E-state index in [1.54, 1.807) is 52.0 Å². The molecule has 4 N–H and O–H groups in total. The maximum atomic E-state index is 13.2. The Bertz CT molecular complexity index is 1140. The summed E-state index contributed by atoms with van der Waals surface area (Å²) >= 11 is 0. The summed E-state index contributed by atoms with van der Waals surface area (Å²) in [6.45, 7) is 6.98. The molecular formula is C24H31N3O6S. The number of hydrogen-bond donors (Lipinski definition) is 4. The number of aryl methyl sites for hydroxylation is 1. The molecule has 0 aliphatic rings. The molecule has 3 amide bonds. The van der Waals surface area contributed by atoms with Crippen LogP contribution in [-0.4, -0.2) is 55.1 Å². The van der Waals surface area contributed by atoms with E-state index in [9.17, 15) is 27.9 Å². The Hall–Kier alpha value is -3.40. The van der Waals surface area contributed by atoms with Crippen LogP contribution in [0.5, 0.6) is 5.75 Å². The highest BCUT2D eigenvalue weighted by Gasteiger charge is 2.36. The molecule has 0 saturated heterocycles. The molecule has 0 aromatic heterocycles. The largest absolute Gasteiger partial charge is 0.507 e. The zero-order valence-electron chi connectivity index (χ0n) is 19.7. The lowest BCUT2D eigenvalue weighted by Crippen LogP contribution is -2.47. The van der Waals surface area contributed by atoms with E-state index in [0.29, 0.717) is 0 Å². The number of amides is 3. The first-order chi connectivity index (χ1) is 15.8. The van der Waals surface area contributed by atoms with Crippen molar-refractivity contribution < 1.29 is 27.9 Å². The van der Waals surface area contributed by atoms with Crippen LogP contribution in [0.15, 0.2) is 53.4 Å². The van der Waals surface area contributed by atoms with Crippen LogP contribution >= 0.6 is 0 Å². The first kappa shape index (κ1) is 26.8. The Kier molecular flexibility index (Phi) is 8.80. The molecule has 0 unspecified atom stereocenters. The first-order valence-electron chi connectivity index (χ1n) is 10.8. The molecule has 2 aromatic rings. The first-order valence-corrected chi connectivity index (χ1v) is 12.3. The van der Waals surface area contributed by atoms with E-state index >= 15 is 0 Å². The predicted octanol–water partition coefficient (Wildman–Crippen LogP) is 1.69. The third-order valence-electron chi connectivity index (χ3n) is 4.76. The lowest BCUT2D eigenvalue weighted by Gasteiger charge is -2.23. The number of para-hydroxylation sites is 1. The van der Waals surface area contributed by atoms with Crippen molar-refractivity contribution in [1.29, 1.82) is 0 Å². The van der Waals surface area contributed by atoms with Gasteiger partial charge in [0.05, 0.1) is 16.9 Å². The van der Waals surface area contributed by atoms with Crippen molar-refractivity contribution in [3.8, 4) is 5.75 Å². The maximum absolute atomic E-state index is 13.2. The van der Waals surface area contributed by atoms with Crippen LogP contribution < -0.4 is 16.0 Å². The monoisotopic (exact) mass is 489 g/mol. The van der Waals surface area contributed by atoms with E-state index in [2.05, 4.69) is 16.0 Å². The van der Waals surface area contributed by atoms with Gasteiger partial charge in [-0.25, -0.2) is 8.42 Å². The maximum Gasteiger partial charge on any atom is 0.255 e. The average Bonchev–Trinajstić information content (AvgIpc) is 2.74. The van der Waals surface area contributed by atoms with E-state index in [1.165, 1.54) is 24.3 Å². The second kappa shape index (κ2) is 11.1. The minimum Gasteiger partial charge on any atom is -0.507 e. The molecule has 34 heavy (non-hydrogen) atoms. The molecule has 9 nitrogen and oxygen atoms in total. The van der Waals surface area contributed by atoms with Gasteiger partial charge in [0, 0.05) is 18.6 Å². The van der Waals surface area contributed by atoms with Crippen molar-refractivity contribution in [2.24, 2.45) is 0 Å². The molecule has 2 rings (SSSR count). The Morgan fingerprint density at radius 2 is 1.53 bits per heavy atom. The average molecular weight is 490 g/mol. The van der Waals surface area contributed by atoms with Gasteiger partial charge in [-0.1, -0.05) is 29.8 Å². The highest BCUT2D eigenvalue weighted by Crippen LogP contribution is 2.20. The van der Waals surface area contributed by atoms with Gasteiger partial charge in [0.1, 0.15) is 5.75 Å². The van der Waals surface area contributed by atoms with Gasteiger partial charge in [-0.15, -0.1) is 0 Å². The summed E-state index contributed by atoms with van der Waals surface area (Å²) in [6, 6.07) is 12.0. The Morgan fingerprint density at radius 3 is 2.12 bits per heavy atom. The van der Waals surface area contributed by atoms with Gasteiger partial charge >= 0.3 is 0 Å². The molecule has 0 aliphatic heterocycles. The van der Waals surface area contributed by atoms with Crippen LogP contribution in [0.3, 0.4) is 0 Å². The number of carbonyl (C=O) groups excluding carboxylic acids is 3. The molecule has 184 valence electrons. The smallest absolute Gasteiger partial charge is 0.255 e. The molecule has 0 heterocycles. The van der Waals surface area contributed by atoms with Gasteiger partial charge in [-0.2, -0.15) is 0 Å². The van der Waals surface area contributed by atoms with Crippen molar-refractivity contribution in [1.82, 2.24) is 16.0 Å². The fourth-order valence-electron chi connectivity index (χ4n) is 3.11. The topological polar surface area (TPSA) is 142 Å². The minimum absolute atomic E-state index is 0.00953. The summed E-state index contributed by atoms with van der Waals surface area (Å²) in [6.07, 6.45) is -0.552. The highest BCUT2D eigenvalue weighted by molar-refractivity contribution is 7.92. The second-order valence-corrected chi connectivity index (χ2v) is 11.0. The molecule has 0 aliphatic carbocycles. The summed E-state index contributed by atoms with van der Waals surface area (Å²) in [4.78, 5) is 37.5. The lowest BCUT2D eigenvalue weighted by molar-refractivity contribution is -0.126. The zero-order chi connectivity index (χ0) is 25.5. The molecule has 10 heteroatoms. The third-order valence-corrected chi connectivity index (χ3v) is 6.82. The number of rotatable bonds is 9. The molecule has 0 fully saturated rings. The fourth-order valence-corrected chi connectivity index (χ4v) is 4.69. The van der Waals surface area contributed by atoms with E-state index < -0.39 is 44.8 Å². The van der Waals surface area contributed by atoms with Gasteiger partial charge in [0.2, 0.25) is 11.8 Å². The number of benzene rings is 2. The van der Waals surface area contributed by atoms with Crippen LogP contribution in [0.4, 0.5) is 0 Å². The van der Waals surface area contributed by atoms with Gasteiger partial charge < -0.3 is 21.1 Å². The Labute approximate surface area is 199 Å². The number of nitrogens with one attached hydrogen (secondary N) is 3. The van der Waals surface area contributed by atoms with Crippen LogP contribution in [0.1, 0.15) is 43.1 Å². The predicted molar refractivity (Wildman–Crippen MR) is 128 cm³/mol. The van der Waals surface area contributed by atoms with Gasteiger partial charge in [-0.3, -0.25) is 14.4 Å². The number of carbonyl (C=O) groups is 3. The summed E-state index contributed by atoms with van der Waals surface area (Å²) in [5.74, 6) is -2.14. The summed E-state index contributed by atoms with van der Waals surface area (Å²) in [5.41, 5.74) is 0.331. The van der Waals surface area contributed by atoms with Crippen molar-refractivity contribution >= 4 is 27.6 Å². The van der Waals surface area contributed by atoms with E-state index in [-0.39, 0.29) is 29.3 Å². The summed E-state index contributed by atoms with van der Waals surface area (Å²) in [7, 11) is -4.16. The number of phenolic OH excluding ortho intramolecular Hbond substituents is 1. The molecular weight excluding hydrogens is 458 g/mol. The van der Waals surface area contributed by atoms with Crippen molar-refractivity contribution in [3.63, 3.8) is 0 Å². The van der Waals surface area contributed by atoms with Crippen LogP contribution in [0, 0.1) is 6.92 Å². The second-order valence-electron chi connectivity index (χ2n) is 8.91. The van der Waals surface area contributed by atoms with E-state index in [1.807, 2.05) is 0 Å². The van der Waals surface area contributed by atoms with E-state index in [0.717, 1.165) is 5.56 Å². The van der Waals surface area contributed by atoms with Gasteiger partial charge in [0.25, 0.3) is 5.91 Å². The van der Waals surface area contributed by atoms with E-state index in [4.69, 9.17) is 0 Å². The summed E-state index contributed by atoms with van der Waals surface area (Å²) < 4.78 is 26.4. The Balaban J connectivity index is 2.10. The highest BCUT2D eigenvalue weighted by atomic mass is 32.2. The van der Waals surface area contributed by atoms with Crippen molar-refractivity contribution in [2.75, 3.05) is 13.1 Å². The molecule has 0 spiro atoms. The SMILES string of the molecule is Cc1ccc(S(=O)(=O)[C@@H](CC(=O)NC(C)(C)C)C(=O)NCCNC(=O)c2ccccc2O)cc1. The molecule has 0 bridgehead atoms. The molecule has 0 saturated carbocycles. The van der Waals surface area contributed by atoms with Crippen molar-refractivity contribution in [3.05, 3.63) is 59.7 Å². The van der Waals surface area contributed by atoms with Crippen LogP contribution in [0.2, 0.25) is 0 Å². The standard InChI is InChI=1S/C24H31N3O6S/c1-16-9-11-17(12-10-16)34(32,33)20(15-21(29)27-24(2,3)4)23(31)26-14-13-25-22(30)18-7-5-6-8-19(18)28/h5-12,20,28H,13-15H2,1-4H3,(H,25,30)(H,26,31)(H,27,29)/t20-/m0/s1.